The number of carboxylic acid groups (broad SMARTS) is 1. The van der Waals surface area contributed by atoms with Crippen LogP contribution < -0.4 is 5.11 Å². The van der Waals surface area contributed by atoms with Crippen molar-refractivity contribution in [3.8, 4) is 0 Å². The summed E-state index contributed by atoms with van der Waals surface area (Å²) in [7, 11) is 0. The number of carbonyl (C=O) groups excluding carboxylic acids is 1. The minimum atomic E-state index is -1.22. The summed E-state index contributed by atoms with van der Waals surface area (Å²) >= 11 is 0. The van der Waals surface area contributed by atoms with Crippen molar-refractivity contribution >= 4 is 6.09 Å². The van der Waals surface area contributed by atoms with Crippen molar-refractivity contribution < 1.29 is 9.90 Å². The summed E-state index contributed by atoms with van der Waals surface area (Å²) in [5.74, 6) is 0. The van der Waals surface area contributed by atoms with Crippen LogP contribution in [0, 0.1) is 0 Å². The maximum absolute atomic E-state index is 10.3. The SMILES string of the molecule is C=CN(C(=O)[O-])C(C)(C)C. The minimum absolute atomic E-state index is 0.458. The summed E-state index contributed by atoms with van der Waals surface area (Å²) < 4.78 is 0. The molecule has 0 bridgehead atoms. The number of carbonyl (C=O) groups is 1. The van der Waals surface area contributed by atoms with Gasteiger partial charge in [0.25, 0.3) is 0 Å². The summed E-state index contributed by atoms with van der Waals surface area (Å²) in [5.41, 5.74) is -0.458. The van der Waals surface area contributed by atoms with E-state index in [0.717, 1.165) is 4.90 Å². The van der Waals surface area contributed by atoms with E-state index in [1.165, 1.54) is 6.20 Å². The van der Waals surface area contributed by atoms with E-state index in [-0.39, 0.29) is 0 Å². The highest BCUT2D eigenvalue weighted by atomic mass is 16.4. The first kappa shape index (κ1) is 9.01. The molecule has 0 saturated carbocycles. The van der Waals surface area contributed by atoms with Crippen LogP contribution in [0.1, 0.15) is 20.8 Å². The first-order valence-corrected chi connectivity index (χ1v) is 3.02. The molecule has 0 aliphatic carbocycles. The zero-order valence-corrected chi connectivity index (χ0v) is 6.55. The number of nitrogens with zero attached hydrogens (tertiary/aromatic N) is 1. The van der Waals surface area contributed by atoms with Gasteiger partial charge in [-0.15, -0.1) is 0 Å². The lowest BCUT2D eigenvalue weighted by Crippen LogP contribution is -2.48. The van der Waals surface area contributed by atoms with Crippen LogP contribution in [-0.2, 0) is 0 Å². The first-order valence-electron chi connectivity index (χ1n) is 3.02. The van der Waals surface area contributed by atoms with Crippen molar-refractivity contribution in [3.63, 3.8) is 0 Å². The lowest BCUT2D eigenvalue weighted by Gasteiger charge is -2.34. The standard InChI is InChI=1S/C7H13NO2/c1-5-8(6(9)10)7(2,3)4/h5H,1H2,2-4H3,(H,9,10)/p-1. The molecule has 0 unspecified atom stereocenters. The Morgan fingerprint density at radius 1 is 1.60 bits per heavy atom. The first-order chi connectivity index (χ1) is 4.39. The van der Waals surface area contributed by atoms with Crippen molar-refractivity contribution in [1.29, 1.82) is 0 Å². The van der Waals surface area contributed by atoms with E-state index in [1.807, 2.05) is 0 Å². The van der Waals surface area contributed by atoms with E-state index in [4.69, 9.17) is 0 Å². The summed E-state index contributed by atoms with van der Waals surface area (Å²) in [6.45, 7) is 8.66. The van der Waals surface area contributed by atoms with Gasteiger partial charge in [0.15, 0.2) is 0 Å². The van der Waals surface area contributed by atoms with Gasteiger partial charge in [0, 0.05) is 5.54 Å². The molecule has 3 heteroatoms. The second kappa shape index (κ2) is 2.73. The molecule has 0 rings (SSSR count). The largest absolute Gasteiger partial charge is 0.530 e. The summed E-state index contributed by atoms with van der Waals surface area (Å²) in [6.07, 6.45) is 0.0255. The average molecular weight is 142 g/mol. The third kappa shape index (κ3) is 2.09. The molecule has 1 amide bonds. The Labute approximate surface area is 61.0 Å². The Morgan fingerprint density at radius 3 is 2.00 bits per heavy atom. The maximum atomic E-state index is 10.3. The number of hydrogen-bond donors (Lipinski definition) is 0. The van der Waals surface area contributed by atoms with E-state index in [1.54, 1.807) is 20.8 Å². The molecule has 58 valence electrons. The van der Waals surface area contributed by atoms with Crippen LogP contribution in [0.15, 0.2) is 12.8 Å². The molecule has 0 aromatic heterocycles. The highest BCUT2D eigenvalue weighted by Crippen LogP contribution is 2.11. The van der Waals surface area contributed by atoms with E-state index in [0.29, 0.717) is 0 Å². The van der Waals surface area contributed by atoms with Crippen LogP contribution in [0.25, 0.3) is 0 Å². The van der Waals surface area contributed by atoms with Crippen LogP contribution in [0.4, 0.5) is 4.79 Å². The lowest BCUT2D eigenvalue weighted by molar-refractivity contribution is -0.266. The predicted molar refractivity (Wildman–Crippen MR) is 37.2 cm³/mol. The van der Waals surface area contributed by atoms with Gasteiger partial charge in [-0.2, -0.15) is 0 Å². The summed E-state index contributed by atoms with van der Waals surface area (Å²) in [5, 5.41) is 10.3. The smallest absolute Gasteiger partial charge is 0.141 e. The van der Waals surface area contributed by atoms with Gasteiger partial charge in [0.1, 0.15) is 6.09 Å². The van der Waals surface area contributed by atoms with Crippen LogP contribution in [-0.4, -0.2) is 16.5 Å². The van der Waals surface area contributed by atoms with E-state index >= 15 is 0 Å². The summed E-state index contributed by atoms with van der Waals surface area (Å²) in [4.78, 5) is 11.4. The predicted octanol–water partition coefficient (Wildman–Crippen LogP) is 0.574. The normalized spacial score (nSPS) is 10.7. The van der Waals surface area contributed by atoms with Crippen LogP contribution in [0.5, 0.6) is 0 Å². The van der Waals surface area contributed by atoms with Gasteiger partial charge in [-0.25, -0.2) is 0 Å². The molecule has 0 aromatic carbocycles. The molecule has 0 saturated heterocycles. The Kier molecular flexibility index (Phi) is 2.46. The van der Waals surface area contributed by atoms with E-state index in [9.17, 15) is 9.90 Å². The minimum Gasteiger partial charge on any atom is -0.530 e. The number of rotatable bonds is 1. The lowest BCUT2D eigenvalue weighted by atomic mass is 10.1. The fraction of sp³-hybridized carbons (Fsp3) is 0.571. The zero-order chi connectivity index (χ0) is 8.36. The van der Waals surface area contributed by atoms with Crippen molar-refractivity contribution in [2.75, 3.05) is 0 Å². The maximum Gasteiger partial charge on any atom is 0.141 e. The Bertz CT molecular complexity index is 146. The number of amides is 1. The Hall–Kier alpha value is -0.990. The second-order valence-corrected chi connectivity index (χ2v) is 2.99. The second-order valence-electron chi connectivity index (χ2n) is 2.99. The average Bonchev–Trinajstić information content (AvgIpc) is 1.60. The van der Waals surface area contributed by atoms with Gasteiger partial charge in [-0.05, 0) is 27.0 Å². The van der Waals surface area contributed by atoms with Crippen molar-refractivity contribution in [1.82, 2.24) is 4.90 Å². The van der Waals surface area contributed by atoms with Gasteiger partial charge in [0.05, 0.1) is 0 Å². The molecular weight excluding hydrogens is 130 g/mol. The summed E-state index contributed by atoms with van der Waals surface area (Å²) in [6, 6.07) is 0. The fourth-order valence-corrected chi connectivity index (χ4v) is 0.622. The van der Waals surface area contributed by atoms with Gasteiger partial charge in [-0.1, -0.05) is 6.58 Å². The topological polar surface area (TPSA) is 43.4 Å². The molecule has 10 heavy (non-hydrogen) atoms. The van der Waals surface area contributed by atoms with Crippen LogP contribution >= 0.6 is 0 Å². The molecule has 0 aromatic rings. The monoisotopic (exact) mass is 142 g/mol. The van der Waals surface area contributed by atoms with Crippen LogP contribution in [0.3, 0.4) is 0 Å². The van der Waals surface area contributed by atoms with Crippen molar-refractivity contribution in [2.24, 2.45) is 0 Å². The molecule has 0 radical (unpaired) electrons. The molecule has 0 atom stereocenters. The fourth-order valence-electron chi connectivity index (χ4n) is 0.622. The highest BCUT2D eigenvalue weighted by Gasteiger charge is 2.17. The zero-order valence-electron chi connectivity index (χ0n) is 6.55. The molecule has 0 aliphatic rings. The van der Waals surface area contributed by atoms with Crippen molar-refractivity contribution in [2.45, 2.75) is 26.3 Å². The van der Waals surface area contributed by atoms with Gasteiger partial charge < -0.3 is 14.8 Å². The van der Waals surface area contributed by atoms with Crippen LogP contribution in [0.2, 0.25) is 0 Å². The molecule has 0 spiro atoms. The Balaban J connectivity index is 4.36. The third-order valence-electron chi connectivity index (χ3n) is 1.10. The Morgan fingerprint density at radius 2 is 2.00 bits per heavy atom. The van der Waals surface area contributed by atoms with Crippen molar-refractivity contribution in [3.05, 3.63) is 12.8 Å². The molecular formula is C7H12NO2-. The molecule has 0 aliphatic heterocycles. The van der Waals surface area contributed by atoms with Gasteiger partial charge >= 0.3 is 0 Å². The highest BCUT2D eigenvalue weighted by molar-refractivity contribution is 5.64. The van der Waals surface area contributed by atoms with E-state index < -0.39 is 11.6 Å². The molecule has 0 N–H and O–H groups in total. The molecule has 3 nitrogen and oxygen atoms in total. The number of hydrogen-bond acceptors (Lipinski definition) is 2. The van der Waals surface area contributed by atoms with Gasteiger partial charge in [0.2, 0.25) is 0 Å². The van der Waals surface area contributed by atoms with E-state index in [2.05, 4.69) is 6.58 Å². The third-order valence-corrected chi connectivity index (χ3v) is 1.10. The van der Waals surface area contributed by atoms with Gasteiger partial charge in [-0.3, -0.25) is 0 Å². The molecule has 0 heterocycles. The molecule has 0 fully saturated rings. The quantitative estimate of drug-likeness (QED) is 0.537.